The second-order valence-corrected chi connectivity index (χ2v) is 5.18. The number of nitrogens with zero attached hydrogens (tertiary/aromatic N) is 2. The molecule has 1 aromatic carbocycles. The van der Waals surface area contributed by atoms with Gasteiger partial charge in [0.05, 0.1) is 17.1 Å². The van der Waals surface area contributed by atoms with E-state index in [1.165, 1.54) is 12.1 Å². The van der Waals surface area contributed by atoms with Crippen LogP contribution in [0.3, 0.4) is 0 Å². The summed E-state index contributed by atoms with van der Waals surface area (Å²) in [4.78, 5) is 12.1. The molecule has 0 aliphatic carbocycles. The van der Waals surface area contributed by atoms with Crippen LogP contribution in [0, 0.1) is 5.82 Å². The quantitative estimate of drug-likeness (QED) is 0.779. The number of ketones is 1. The van der Waals surface area contributed by atoms with Crippen molar-refractivity contribution >= 4 is 17.4 Å². The molecule has 20 heavy (non-hydrogen) atoms. The second kappa shape index (κ2) is 6.18. The van der Waals surface area contributed by atoms with E-state index in [1.54, 1.807) is 0 Å². The Morgan fingerprint density at radius 2 is 2.20 bits per heavy atom. The fourth-order valence-electron chi connectivity index (χ4n) is 1.84. The molecule has 0 radical (unpaired) electrons. The molecular weight excluding hydrogens is 279 g/mol. The van der Waals surface area contributed by atoms with Crippen LogP contribution in [0.15, 0.2) is 30.5 Å². The summed E-state index contributed by atoms with van der Waals surface area (Å²) in [5.41, 5.74) is 0.996. The predicted octanol–water partition coefficient (Wildman–Crippen LogP) is 4.07. The van der Waals surface area contributed by atoms with Crippen LogP contribution in [0.2, 0.25) is 5.02 Å². The van der Waals surface area contributed by atoms with Crippen molar-refractivity contribution in [2.45, 2.75) is 32.7 Å². The molecule has 1 heterocycles. The number of hydrogen-bond acceptors (Lipinski definition) is 2. The van der Waals surface area contributed by atoms with Gasteiger partial charge in [0.2, 0.25) is 0 Å². The summed E-state index contributed by atoms with van der Waals surface area (Å²) in [6.07, 6.45) is 2.99. The van der Waals surface area contributed by atoms with Crippen molar-refractivity contribution in [3.63, 3.8) is 0 Å². The van der Waals surface area contributed by atoms with Gasteiger partial charge in [-0.3, -0.25) is 9.48 Å². The average molecular weight is 295 g/mol. The van der Waals surface area contributed by atoms with Gasteiger partial charge in [0.1, 0.15) is 5.82 Å². The molecule has 2 aromatic rings. The molecule has 0 bridgehead atoms. The molecule has 0 amide bonds. The van der Waals surface area contributed by atoms with Gasteiger partial charge in [-0.05, 0) is 37.6 Å². The Kier molecular flexibility index (Phi) is 4.55. The van der Waals surface area contributed by atoms with E-state index in [4.69, 9.17) is 11.6 Å². The monoisotopic (exact) mass is 294 g/mol. The smallest absolute Gasteiger partial charge is 0.168 e. The molecule has 5 heteroatoms. The molecule has 0 saturated heterocycles. The van der Waals surface area contributed by atoms with Crippen LogP contribution in [0.5, 0.6) is 0 Å². The first kappa shape index (κ1) is 14.7. The van der Waals surface area contributed by atoms with E-state index in [2.05, 4.69) is 18.9 Å². The number of rotatable bonds is 5. The summed E-state index contributed by atoms with van der Waals surface area (Å²) in [5.74, 6) is -0.752. The summed E-state index contributed by atoms with van der Waals surface area (Å²) < 4.78 is 15.2. The number of benzene rings is 1. The SMILES string of the molecule is CCC(C)n1ccc(CC(=O)c2ccc(Cl)c(F)c2)n1. The molecule has 0 spiro atoms. The number of Topliss-reactive ketones (excluding diaryl/α,β-unsaturated/α-hetero) is 1. The van der Waals surface area contributed by atoms with Crippen molar-refractivity contribution in [2.75, 3.05) is 0 Å². The van der Waals surface area contributed by atoms with Crippen LogP contribution in [0.4, 0.5) is 4.39 Å². The largest absolute Gasteiger partial charge is 0.294 e. The van der Waals surface area contributed by atoms with Gasteiger partial charge in [0.25, 0.3) is 0 Å². The van der Waals surface area contributed by atoms with Crippen LogP contribution in [0.25, 0.3) is 0 Å². The highest BCUT2D eigenvalue weighted by atomic mass is 35.5. The molecule has 2 rings (SSSR count). The molecule has 0 fully saturated rings. The van der Waals surface area contributed by atoms with Crippen LogP contribution in [0.1, 0.15) is 42.4 Å². The number of hydrogen-bond donors (Lipinski definition) is 0. The number of carbonyl (C=O) groups is 1. The Balaban J connectivity index is 2.11. The topological polar surface area (TPSA) is 34.9 Å². The van der Waals surface area contributed by atoms with Crippen LogP contribution in [-0.2, 0) is 6.42 Å². The maximum absolute atomic E-state index is 13.3. The van der Waals surface area contributed by atoms with Crippen molar-refractivity contribution in [1.82, 2.24) is 9.78 Å². The van der Waals surface area contributed by atoms with Crippen molar-refractivity contribution in [2.24, 2.45) is 0 Å². The highest BCUT2D eigenvalue weighted by Crippen LogP contribution is 2.17. The highest BCUT2D eigenvalue weighted by Gasteiger charge is 2.12. The van der Waals surface area contributed by atoms with Crippen molar-refractivity contribution in [1.29, 1.82) is 0 Å². The summed E-state index contributed by atoms with van der Waals surface area (Å²) >= 11 is 5.60. The summed E-state index contributed by atoms with van der Waals surface area (Å²) in [7, 11) is 0. The number of carbonyl (C=O) groups excluding carboxylic acids is 1. The minimum Gasteiger partial charge on any atom is -0.294 e. The third-order valence-corrected chi connectivity index (χ3v) is 3.60. The molecule has 3 nitrogen and oxygen atoms in total. The third kappa shape index (κ3) is 3.25. The van der Waals surface area contributed by atoms with E-state index in [1.807, 2.05) is 16.9 Å². The van der Waals surface area contributed by atoms with E-state index in [-0.39, 0.29) is 17.2 Å². The zero-order valence-corrected chi connectivity index (χ0v) is 12.2. The Morgan fingerprint density at radius 1 is 1.45 bits per heavy atom. The fourth-order valence-corrected chi connectivity index (χ4v) is 1.96. The molecule has 0 saturated carbocycles. The molecule has 1 atom stereocenters. The number of aromatic nitrogens is 2. The maximum Gasteiger partial charge on any atom is 0.168 e. The Labute approximate surface area is 122 Å². The highest BCUT2D eigenvalue weighted by molar-refractivity contribution is 6.30. The zero-order valence-electron chi connectivity index (χ0n) is 11.4. The van der Waals surface area contributed by atoms with Gasteiger partial charge in [-0.15, -0.1) is 0 Å². The minimum absolute atomic E-state index is 0.0163. The van der Waals surface area contributed by atoms with E-state index < -0.39 is 5.82 Å². The summed E-state index contributed by atoms with van der Waals surface area (Å²) in [5, 5.41) is 4.38. The van der Waals surface area contributed by atoms with Crippen LogP contribution >= 0.6 is 11.6 Å². The molecule has 0 aliphatic heterocycles. The molecule has 0 N–H and O–H groups in total. The van der Waals surface area contributed by atoms with Crippen molar-refractivity contribution in [3.8, 4) is 0 Å². The van der Waals surface area contributed by atoms with Gasteiger partial charge in [0.15, 0.2) is 5.78 Å². The molecule has 0 aliphatic rings. The fraction of sp³-hybridized carbons (Fsp3) is 0.333. The van der Waals surface area contributed by atoms with Crippen molar-refractivity contribution in [3.05, 3.63) is 52.6 Å². The lowest BCUT2D eigenvalue weighted by molar-refractivity contribution is 0.0991. The summed E-state index contributed by atoms with van der Waals surface area (Å²) in [6.45, 7) is 4.14. The first-order valence-corrected chi connectivity index (χ1v) is 6.91. The normalized spacial score (nSPS) is 12.4. The standard InChI is InChI=1S/C15H16ClFN2O/c1-3-10(2)19-7-6-12(18-19)9-15(20)11-4-5-13(16)14(17)8-11/h4-8,10H,3,9H2,1-2H3. The van der Waals surface area contributed by atoms with Gasteiger partial charge in [-0.25, -0.2) is 4.39 Å². The first-order chi connectivity index (χ1) is 9.51. The lowest BCUT2D eigenvalue weighted by Gasteiger charge is -2.08. The zero-order chi connectivity index (χ0) is 14.7. The van der Waals surface area contributed by atoms with Crippen molar-refractivity contribution < 1.29 is 9.18 Å². The molecule has 1 aromatic heterocycles. The van der Waals surface area contributed by atoms with E-state index in [0.29, 0.717) is 17.3 Å². The van der Waals surface area contributed by atoms with Crippen LogP contribution in [-0.4, -0.2) is 15.6 Å². The predicted molar refractivity (Wildman–Crippen MR) is 76.7 cm³/mol. The average Bonchev–Trinajstić information content (AvgIpc) is 2.89. The van der Waals surface area contributed by atoms with Gasteiger partial charge in [-0.2, -0.15) is 5.10 Å². The van der Waals surface area contributed by atoms with E-state index in [9.17, 15) is 9.18 Å². The van der Waals surface area contributed by atoms with E-state index in [0.717, 1.165) is 12.5 Å². The summed E-state index contributed by atoms with van der Waals surface area (Å²) in [6, 6.07) is 6.19. The first-order valence-electron chi connectivity index (χ1n) is 6.53. The number of halogens is 2. The molecule has 106 valence electrons. The van der Waals surface area contributed by atoms with E-state index >= 15 is 0 Å². The maximum atomic E-state index is 13.3. The van der Waals surface area contributed by atoms with Gasteiger partial charge in [-0.1, -0.05) is 18.5 Å². The third-order valence-electron chi connectivity index (χ3n) is 3.29. The van der Waals surface area contributed by atoms with Gasteiger partial charge < -0.3 is 0 Å². The second-order valence-electron chi connectivity index (χ2n) is 4.77. The minimum atomic E-state index is -0.581. The molecular formula is C15H16ClFN2O. The Hall–Kier alpha value is -1.68. The van der Waals surface area contributed by atoms with Gasteiger partial charge >= 0.3 is 0 Å². The van der Waals surface area contributed by atoms with Gasteiger partial charge in [0, 0.05) is 17.8 Å². The van der Waals surface area contributed by atoms with Crippen LogP contribution < -0.4 is 0 Å². The Morgan fingerprint density at radius 3 is 2.85 bits per heavy atom. The Bertz CT molecular complexity index is 624. The lowest BCUT2D eigenvalue weighted by Crippen LogP contribution is -2.08. The molecule has 1 unspecified atom stereocenters. The lowest BCUT2D eigenvalue weighted by atomic mass is 10.1.